The Bertz CT molecular complexity index is 287. The minimum Gasteiger partial charge on any atom is -0.392 e. The fourth-order valence-corrected chi connectivity index (χ4v) is 2.54. The van der Waals surface area contributed by atoms with E-state index in [1.807, 2.05) is 27.7 Å². The minimum absolute atomic E-state index is 0.127. The monoisotopic (exact) mass is 271 g/mol. The lowest BCUT2D eigenvalue weighted by atomic mass is 9.98. The first-order valence-electron chi connectivity index (χ1n) is 7.28. The van der Waals surface area contributed by atoms with Crippen molar-refractivity contribution in [3.8, 4) is 0 Å². The smallest absolute Gasteiger partial charge is 0.315 e. The number of carbonyl (C=O) groups is 1. The van der Waals surface area contributed by atoms with Crippen molar-refractivity contribution >= 4 is 6.03 Å². The van der Waals surface area contributed by atoms with Gasteiger partial charge in [0.25, 0.3) is 0 Å². The van der Waals surface area contributed by atoms with Crippen molar-refractivity contribution < 1.29 is 9.90 Å². The maximum absolute atomic E-state index is 11.6. The number of hydrogen-bond acceptors (Lipinski definition) is 3. The number of rotatable bonds is 4. The minimum atomic E-state index is -0.302. The van der Waals surface area contributed by atoms with Gasteiger partial charge in [0.1, 0.15) is 0 Å². The van der Waals surface area contributed by atoms with Crippen LogP contribution >= 0.6 is 0 Å². The van der Waals surface area contributed by atoms with Crippen molar-refractivity contribution in [2.75, 3.05) is 19.6 Å². The number of aliphatic hydroxyl groups excluding tert-OH is 1. The lowest BCUT2D eigenvalue weighted by Crippen LogP contribution is -2.51. The van der Waals surface area contributed by atoms with Crippen LogP contribution in [-0.4, -0.2) is 53.4 Å². The molecule has 0 aliphatic carbocycles. The standard InChI is InChI=1S/C14H29N3O2/c1-11(18)12-7-5-6-9-17(12)10-8-15-13(19)16-14(2,3)4/h11-12,18H,5-10H2,1-4H3,(H2,15,16,19). The number of amides is 2. The van der Waals surface area contributed by atoms with Crippen LogP contribution in [-0.2, 0) is 0 Å². The van der Waals surface area contributed by atoms with Gasteiger partial charge in [-0.15, -0.1) is 0 Å². The summed E-state index contributed by atoms with van der Waals surface area (Å²) in [6, 6.07) is 0.110. The molecule has 0 aromatic rings. The van der Waals surface area contributed by atoms with Crippen molar-refractivity contribution in [3.05, 3.63) is 0 Å². The van der Waals surface area contributed by atoms with Crippen molar-refractivity contribution in [1.82, 2.24) is 15.5 Å². The van der Waals surface area contributed by atoms with E-state index in [9.17, 15) is 9.90 Å². The zero-order chi connectivity index (χ0) is 14.5. The molecule has 1 fully saturated rings. The average Bonchev–Trinajstić information content (AvgIpc) is 2.27. The molecule has 19 heavy (non-hydrogen) atoms. The van der Waals surface area contributed by atoms with Gasteiger partial charge < -0.3 is 15.7 Å². The number of urea groups is 1. The third kappa shape index (κ3) is 6.25. The molecule has 0 aromatic carbocycles. The van der Waals surface area contributed by atoms with Crippen LogP contribution in [0.2, 0.25) is 0 Å². The zero-order valence-electron chi connectivity index (χ0n) is 12.7. The maximum Gasteiger partial charge on any atom is 0.315 e. The van der Waals surface area contributed by atoms with Gasteiger partial charge in [-0.2, -0.15) is 0 Å². The Morgan fingerprint density at radius 2 is 2.11 bits per heavy atom. The molecule has 1 rings (SSSR count). The number of aliphatic hydroxyl groups is 1. The maximum atomic E-state index is 11.6. The topological polar surface area (TPSA) is 64.6 Å². The van der Waals surface area contributed by atoms with E-state index in [2.05, 4.69) is 15.5 Å². The van der Waals surface area contributed by atoms with Crippen LogP contribution in [0.1, 0.15) is 47.0 Å². The number of nitrogens with one attached hydrogen (secondary N) is 2. The van der Waals surface area contributed by atoms with E-state index >= 15 is 0 Å². The summed E-state index contributed by atoms with van der Waals surface area (Å²) in [5, 5.41) is 15.5. The molecular formula is C14H29N3O2. The van der Waals surface area contributed by atoms with Crippen LogP contribution in [0.25, 0.3) is 0 Å². The SMILES string of the molecule is CC(O)C1CCCCN1CCNC(=O)NC(C)(C)C. The van der Waals surface area contributed by atoms with E-state index in [-0.39, 0.29) is 23.7 Å². The Balaban J connectivity index is 2.29. The third-order valence-electron chi connectivity index (χ3n) is 3.39. The number of likely N-dealkylation sites (tertiary alicyclic amines) is 1. The highest BCUT2D eigenvalue weighted by Gasteiger charge is 2.25. The van der Waals surface area contributed by atoms with Gasteiger partial charge in [-0.25, -0.2) is 4.79 Å². The molecule has 2 unspecified atom stereocenters. The molecule has 2 atom stereocenters. The van der Waals surface area contributed by atoms with Crippen LogP contribution < -0.4 is 10.6 Å². The molecule has 3 N–H and O–H groups in total. The molecule has 0 spiro atoms. The zero-order valence-corrected chi connectivity index (χ0v) is 12.7. The first-order chi connectivity index (χ1) is 8.79. The van der Waals surface area contributed by atoms with Crippen molar-refractivity contribution in [2.45, 2.75) is 64.6 Å². The predicted octanol–water partition coefficient (Wildman–Crippen LogP) is 1.32. The van der Waals surface area contributed by atoms with Crippen molar-refractivity contribution in [1.29, 1.82) is 0 Å². The summed E-state index contributed by atoms with van der Waals surface area (Å²) in [4.78, 5) is 13.9. The van der Waals surface area contributed by atoms with Crippen molar-refractivity contribution in [2.24, 2.45) is 0 Å². The van der Waals surface area contributed by atoms with Gasteiger partial charge in [-0.1, -0.05) is 6.42 Å². The largest absolute Gasteiger partial charge is 0.392 e. The molecule has 0 radical (unpaired) electrons. The van der Waals surface area contributed by atoms with Gasteiger partial charge in [-0.05, 0) is 47.1 Å². The number of carbonyl (C=O) groups excluding carboxylic acids is 1. The molecule has 1 aliphatic rings. The second kappa shape index (κ2) is 7.10. The second-order valence-corrected chi connectivity index (χ2v) is 6.47. The summed E-state index contributed by atoms with van der Waals surface area (Å²) < 4.78 is 0. The molecule has 2 amide bonds. The van der Waals surface area contributed by atoms with E-state index in [1.165, 1.54) is 12.8 Å². The first kappa shape index (κ1) is 16.2. The van der Waals surface area contributed by atoms with Gasteiger partial charge >= 0.3 is 6.03 Å². The highest BCUT2D eigenvalue weighted by molar-refractivity contribution is 5.74. The Labute approximate surface area is 116 Å². The van der Waals surface area contributed by atoms with E-state index in [1.54, 1.807) is 0 Å². The van der Waals surface area contributed by atoms with Gasteiger partial charge in [0.2, 0.25) is 0 Å². The number of hydrogen-bond donors (Lipinski definition) is 3. The van der Waals surface area contributed by atoms with Gasteiger partial charge in [0.15, 0.2) is 0 Å². The average molecular weight is 271 g/mol. The van der Waals surface area contributed by atoms with Crippen LogP contribution in [0.15, 0.2) is 0 Å². The van der Waals surface area contributed by atoms with E-state index < -0.39 is 0 Å². The van der Waals surface area contributed by atoms with Crippen molar-refractivity contribution in [3.63, 3.8) is 0 Å². The van der Waals surface area contributed by atoms with E-state index in [0.29, 0.717) is 6.54 Å². The van der Waals surface area contributed by atoms with Crippen LogP contribution in [0.5, 0.6) is 0 Å². The Morgan fingerprint density at radius 1 is 1.42 bits per heavy atom. The third-order valence-corrected chi connectivity index (χ3v) is 3.39. The molecule has 0 saturated carbocycles. The molecule has 1 heterocycles. The van der Waals surface area contributed by atoms with Gasteiger partial charge in [-0.3, -0.25) is 4.90 Å². The first-order valence-corrected chi connectivity index (χ1v) is 7.28. The molecule has 1 saturated heterocycles. The fourth-order valence-electron chi connectivity index (χ4n) is 2.54. The molecule has 112 valence electrons. The lowest BCUT2D eigenvalue weighted by Gasteiger charge is -2.37. The molecule has 0 aromatic heterocycles. The highest BCUT2D eigenvalue weighted by atomic mass is 16.3. The Morgan fingerprint density at radius 3 is 2.68 bits per heavy atom. The summed E-state index contributed by atoms with van der Waals surface area (Å²) in [6.07, 6.45) is 3.11. The molecule has 0 bridgehead atoms. The predicted molar refractivity (Wildman–Crippen MR) is 77.2 cm³/mol. The van der Waals surface area contributed by atoms with Gasteiger partial charge in [0.05, 0.1) is 6.10 Å². The number of piperidine rings is 1. The summed E-state index contributed by atoms with van der Waals surface area (Å²) in [7, 11) is 0. The summed E-state index contributed by atoms with van der Waals surface area (Å²) >= 11 is 0. The van der Waals surface area contributed by atoms with Crippen LogP contribution in [0.4, 0.5) is 4.79 Å². The molecule has 1 aliphatic heterocycles. The van der Waals surface area contributed by atoms with E-state index in [4.69, 9.17) is 0 Å². The Hall–Kier alpha value is -0.810. The van der Waals surface area contributed by atoms with Gasteiger partial charge in [0, 0.05) is 24.7 Å². The summed E-state index contributed by atoms with van der Waals surface area (Å²) in [6.45, 7) is 10.2. The highest BCUT2D eigenvalue weighted by Crippen LogP contribution is 2.18. The summed E-state index contributed by atoms with van der Waals surface area (Å²) in [5.74, 6) is 0. The second-order valence-electron chi connectivity index (χ2n) is 6.47. The van der Waals surface area contributed by atoms with E-state index in [0.717, 1.165) is 19.5 Å². The quantitative estimate of drug-likeness (QED) is 0.722. The van der Waals surface area contributed by atoms with Crippen LogP contribution in [0, 0.1) is 0 Å². The summed E-state index contributed by atoms with van der Waals surface area (Å²) in [5.41, 5.74) is -0.211. The molecular weight excluding hydrogens is 242 g/mol. The number of nitrogens with zero attached hydrogens (tertiary/aromatic N) is 1. The Kier molecular flexibility index (Phi) is 6.07. The van der Waals surface area contributed by atoms with Crippen LogP contribution in [0.3, 0.4) is 0 Å². The lowest BCUT2D eigenvalue weighted by molar-refractivity contribution is 0.0376. The fraction of sp³-hybridized carbons (Fsp3) is 0.929. The molecule has 5 heteroatoms. The molecule has 5 nitrogen and oxygen atoms in total. The normalized spacial score (nSPS) is 22.9.